The van der Waals surface area contributed by atoms with Crippen LogP contribution in [0.3, 0.4) is 0 Å². The monoisotopic (exact) mass is 443 g/mol. The average molecular weight is 444 g/mol. The summed E-state index contributed by atoms with van der Waals surface area (Å²) in [6.45, 7) is 0.205. The van der Waals surface area contributed by atoms with Crippen molar-refractivity contribution < 1.29 is 9.59 Å². The highest BCUT2D eigenvalue weighted by Gasteiger charge is 2.08. The molecule has 0 aliphatic carbocycles. The lowest BCUT2D eigenvalue weighted by molar-refractivity contribution is -0.116. The van der Waals surface area contributed by atoms with Crippen LogP contribution in [-0.2, 0) is 11.3 Å². The smallest absolute Gasteiger partial charge is 0.318 e. The number of carbonyl (C=O) groups is 2. The first-order valence-corrected chi connectivity index (χ1v) is 9.29. The number of rotatable bonds is 5. The Morgan fingerprint density at radius 3 is 2.61 bits per heavy atom. The molecular weight excluding hydrogens is 426 g/mol. The Balaban J connectivity index is 1.66. The first-order valence-electron chi connectivity index (χ1n) is 8.49. The third-order valence-corrected chi connectivity index (χ3v) is 4.49. The van der Waals surface area contributed by atoms with E-state index in [0.717, 1.165) is 4.47 Å². The lowest BCUT2D eigenvalue weighted by Gasteiger charge is -2.10. The van der Waals surface area contributed by atoms with Crippen LogP contribution in [-0.4, -0.2) is 28.5 Å². The molecule has 1 aromatic heterocycles. The molecule has 144 valence electrons. The van der Waals surface area contributed by atoms with Crippen molar-refractivity contribution in [2.45, 2.75) is 13.0 Å². The fraction of sp³-hybridized carbons (Fsp3) is 0.158. The Morgan fingerprint density at radius 1 is 1.11 bits per heavy atom. The topological polar surface area (TPSA) is 105 Å². The molecule has 3 amide bonds. The molecule has 0 bridgehead atoms. The highest BCUT2D eigenvalue weighted by atomic mass is 79.9. The average Bonchev–Trinajstić information content (AvgIpc) is 2.68. The van der Waals surface area contributed by atoms with Crippen LogP contribution in [0.5, 0.6) is 0 Å². The van der Waals surface area contributed by atoms with Gasteiger partial charge in [-0.25, -0.2) is 9.78 Å². The number of amides is 3. The van der Waals surface area contributed by atoms with E-state index in [0.29, 0.717) is 22.3 Å². The Labute approximate surface area is 169 Å². The minimum atomic E-state index is -0.349. The molecule has 3 N–H and O–H groups in total. The van der Waals surface area contributed by atoms with Crippen molar-refractivity contribution in [2.24, 2.45) is 0 Å². The second kappa shape index (κ2) is 8.66. The van der Waals surface area contributed by atoms with Gasteiger partial charge in [-0.2, -0.15) is 0 Å². The fourth-order valence-corrected chi connectivity index (χ4v) is 2.97. The van der Waals surface area contributed by atoms with Crippen LogP contribution in [0, 0.1) is 0 Å². The van der Waals surface area contributed by atoms with E-state index < -0.39 is 0 Å². The summed E-state index contributed by atoms with van der Waals surface area (Å²) in [6, 6.07) is 11.7. The largest absolute Gasteiger partial charge is 0.341 e. The number of carbonyl (C=O) groups excluding carboxylic acids is 2. The van der Waals surface area contributed by atoms with Crippen molar-refractivity contribution in [3.8, 4) is 0 Å². The van der Waals surface area contributed by atoms with Crippen molar-refractivity contribution in [3.63, 3.8) is 0 Å². The number of anilines is 2. The number of aromatic nitrogens is 2. The zero-order valence-corrected chi connectivity index (χ0v) is 16.6. The van der Waals surface area contributed by atoms with E-state index >= 15 is 0 Å². The quantitative estimate of drug-likeness (QED) is 0.563. The van der Waals surface area contributed by atoms with Crippen molar-refractivity contribution in [1.29, 1.82) is 0 Å². The maximum Gasteiger partial charge on any atom is 0.318 e. The van der Waals surface area contributed by atoms with Gasteiger partial charge in [-0.1, -0.05) is 22.0 Å². The van der Waals surface area contributed by atoms with Crippen LogP contribution < -0.4 is 21.5 Å². The highest BCUT2D eigenvalue weighted by molar-refractivity contribution is 9.10. The van der Waals surface area contributed by atoms with Crippen molar-refractivity contribution in [2.75, 3.05) is 17.7 Å². The minimum Gasteiger partial charge on any atom is -0.341 e. The Hall–Kier alpha value is -3.20. The SMILES string of the molecule is CNC(=O)Nc1cccc(NC(=O)CCn2cnc3ccc(Br)cc3c2=O)c1. The number of halogens is 1. The van der Waals surface area contributed by atoms with Crippen LogP contribution in [0.25, 0.3) is 10.9 Å². The van der Waals surface area contributed by atoms with Gasteiger partial charge >= 0.3 is 6.03 Å². The summed E-state index contributed by atoms with van der Waals surface area (Å²) in [5, 5.41) is 8.33. The lowest BCUT2D eigenvalue weighted by Crippen LogP contribution is -2.24. The second-order valence-corrected chi connectivity index (χ2v) is 6.90. The van der Waals surface area contributed by atoms with Crippen LogP contribution in [0.15, 0.2) is 58.1 Å². The molecule has 0 fully saturated rings. The molecule has 1 heterocycles. The van der Waals surface area contributed by atoms with Gasteiger partial charge in [0.1, 0.15) is 0 Å². The molecule has 28 heavy (non-hydrogen) atoms. The summed E-state index contributed by atoms with van der Waals surface area (Å²) in [4.78, 5) is 40.4. The highest BCUT2D eigenvalue weighted by Crippen LogP contribution is 2.16. The Bertz CT molecular complexity index is 1100. The summed E-state index contributed by atoms with van der Waals surface area (Å²) < 4.78 is 2.21. The van der Waals surface area contributed by atoms with Gasteiger partial charge in [0.2, 0.25) is 5.91 Å². The maximum absolute atomic E-state index is 12.6. The minimum absolute atomic E-state index is 0.105. The molecule has 0 aliphatic heterocycles. The molecule has 2 aromatic carbocycles. The number of benzene rings is 2. The van der Waals surface area contributed by atoms with Gasteiger partial charge in [-0.15, -0.1) is 0 Å². The molecule has 0 radical (unpaired) electrons. The van der Waals surface area contributed by atoms with Gasteiger partial charge in [-0.3, -0.25) is 14.2 Å². The lowest BCUT2D eigenvalue weighted by atomic mass is 10.2. The van der Waals surface area contributed by atoms with E-state index in [1.807, 2.05) is 6.07 Å². The van der Waals surface area contributed by atoms with E-state index in [1.165, 1.54) is 17.9 Å². The third kappa shape index (κ3) is 4.74. The Morgan fingerprint density at radius 2 is 1.86 bits per heavy atom. The molecule has 8 nitrogen and oxygen atoms in total. The second-order valence-electron chi connectivity index (χ2n) is 5.99. The van der Waals surface area contributed by atoms with E-state index in [-0.39, 0.29) is 30.5 Å². The molecule has 0 saturated heterocycles. The molecule has 0 aliphatic rings. The van der Waals surface area contributed by atoms with Crippen LogP contribution >= 0.6 is 15.9 Å². The number of aryl methyl sites for hydroxylation is 1. The van der Waals surface area contributed by atoms with Crippen molar-refractivity contribution in [1.82, 2.24) is 14.9 Å². The van der Waals surface area contributed by atoms with Gasteiger partial charge in [0.25, 0.3) is 5.56 Å². The van der Waals surface area contributed by atoms with Crippen LogP contribution in [0.4, 0.5) is 16.2 Å². The van der Waals surface area contributed by atoms with Crippen molar-refractivity contribution in [3.05, 3.63) is 63.6 Å². The number of nitrogens with one attached hydrogen (secondary N) is 3. The normalized spacial score (nSPS) is 10.5. The fourth-order valence-electron chi connectivity index (χ4n) is 2.60. The molecule has 3 aromatic rings. The molecule has 0 spiro atoms. The summed E-state index contributed by atoms with van der Waals surface area (Å²) in [7, 11) is 1.52. The van der Waals surface area contributed by atoms with E-state index in [9.17, 15) is 14.4 Å². The Kier molecular flexibility index (Phi) is 6.05. The first kappa shape index (κ1) is 19.6. The molecule has 3 rings (SSSR count). The predicted molar refractivity (Wildman–Crippen MR) is 111 cm³/mol. The van der Waals surface area contributed by atoms with Gasteiger partial charge < -0.3 is 16.0 Å². The number of nitrogens with zero attached hydrogens (tertiary/aromatic N) is 2. The van der Waals surface area contributed by atoms with Gasteiger partial charge in [0.05, 0.1) is 17.2 Å². The third-order valence-electron chi connectivity index (χ3n) is 4.00. The predicted octanol–water partition coefficient (Wildman–Crippen LogP) is 2.94. The zero-order valence-electron chi connectivity index (χ0n) is 15.0. The van der Waals surface area contributed by atoms with Gasteiger partial charge in [0, 0.05) is 35.9 Å². The maximum atomic E-state index is 12.6. The first-order chi connectivity index (χ1) is 13.5. The zero-order chi connectivity index (χ0) is 20.1. The van der Waals surface area contributed by atoms with Gasteiger partial charge in [-0.05, 0) is 36.4 Å². The number of urea groups is 1. The van der Waals surface area contributed by atoms with Crippen molar-refractivity contribution >= 4 is 50.1 Å². The molecular formula is C19H18BrN5O3. The summed E-state index contributed by atoms with van der Waals surface area (Å²) in [5.41, 5.74) is 1.51. The summed E-state index contributed by atoms with van der Waals surface area (Å²) in [6.07, 6.45) is 1.55. The summed E-state index contributed by atoms with van der Waals surface area (Å²) in [5.74, 6) is -0.252. The van der Waals surface area contributed by atoms with Crippen LogP contribution in [0.1, 0.15) is 6.42 Å². The standard InChI is InChI=1S/C19H18BrN5O3/c1-21-19(28)24-14-4-2-3-13(10-14)23-17(26)7-8-25-11-22-16-6-5-12(20)9-15(16)18(25)27/h2-6,9-11H,7-8H2,1H3,(H,23,26)(H2,21,24,28). The van der Waals surface area contributed by atoms with E-state index in [2.05, 4.69) is 36.9 Å². The molecule has 0 saturated carbocycles. The van der Waals surface area contributed by atoms with E-state index in [1.54, 1.807) is 36.4 Å². The van der Waals surface area contributed by atoms with E-state index in [4.69, 9.17) is 0 Å². The molecule has 0 unspecified atom stereocenters. The van der Waals surface area contributed by atoms with Gasteiger partial charge in [0.15, 0.2) is 0 Å². The number of fused-ring (bicyclic) bond motifs is 1. The number of hydrogen-bond acceptors (Lipinski definition) is 4. The summed E-state index contributed by atoms with van der Waals surface area (Å²) >= 11 is 3.35. The number of hydrogen-bond donors (Lipinski definition) is 3. The molecule has 9 heteroatoms. The van der Waals surface area contributed by atoms with Crippen LogP contribution in [0.2, 0.25) is 0 Å². The molecule has 0 atom stereocenters.